The van der Waals surface area contributed by atoms with Crippen LogP contribution < -0.4 is 10.2 Å². The van der Waals surface area contributed by atoms with Gasteiger partial charge in [-0.15, -0.1) is 5.10 Å². The van der Waals surface area contributed by atoms with Crippen molar-refractivity contribution in [2.24, 2.45) is 5.41 Å². The fraction of sp³-hybridized carbons (Fsp3) is 0.250. The smallest absolute Gasteiger partial charge is 0.234 e. The highest BCUT2D eigenvalue weighted by atomic mass is 35.5. The van der Waals surface area contributed by atoms with Gasteiger partial charge in [-0.05, 0) is 50.2 Å². The molecule has 1 aliphatic heterocycles. The second kappa shape index (κ2) is 7.11. The maximum Gasteiger partial charge on any atom is 0.234 e. The molecule has 3 aromatic rings. The number of anilines is 2. The Balaban J connectivity index is 1.43. The predicted octanol–water partition coefficient (Wildman–Crippen LogP) is 4.56. The number of halogens is 2. The number of hydrogen-bond donors (Lipinski definition) is 1. The molecule has 1 saturated heterocycles. The first-order valence-electron chi connectivity index (χ1n) is 8.86. The van der Waals surface area contributed by atoms with Gasteiger partial charge in [0.25, 0.3) is 0 Å². The summed E-state index contributed by atoms with van der Waals surface area (Å²) in [4.78, 5) is 14.0. The number of rotatable bonds is 5. The summed E-state index contributed by atoms with van der Waals surface area (Å²) in [5, 5.41) is 12.6. The Morgan fingerprint density at radius 3 is 2.64 bits per heavy atom. The van der Waals surface area contributed by atoms with Gasteiger partial charge in [-0.2, -0.15) is 0 Å². The van der Waals surface area contributed by atoms with E-state index in [-0.39, 0.29) is 11.3 Å². The summed E-state index contributed by atoms with van der Waals surface area (Å²) in [5.41, 5.74) is 3.10. The Kier molecular flexibility index (Phi) is 4.77. The van der Waals surface area contributed by atoms with Crippen LogP contribution in [0, 0.1) is 5.41 Å². The van der Waals surface area contributed by atoms with E-state index in [4.69, 9.17) is 23.2 Å². The molecule has 144 valence electrons. The van der Waals surface area contributed by atoms with Gasteiger partial charge in [-0.25, -0.2) is 4.68 Å². The van der Waals surface area contributed by atoms with E-state index in [1.807, 2.05) is 50.4 Å². The minimum Gasteiger partial charge on any atom is -0.379 e. The van der Waals surface area contributed by atoms with Crippen molar-refractivity contribution in [2.45, 2.75) is 20.4 Å². The molecular formula is C20H19Cl2N5O. The molecule has 1 aromatic heterocycles. The van der Waals surface area contributed by atoms with Crippen LogP contribution in [0.3, 0.4) is 0 Å². The number of nitrogens with zero attached hydrogens (tertiary/aromatic N) is 4. The number of carbonyl (C=O) groups is 1. The van der Waals surface area contributed by atoms with Crippen LogP contribution in [-0.4, -0.2) is 27.4 Å². The zero-order valence-corrected chi connectivity index (χ0v) is 17.0. The van der Waals surface area contributed by atoms with Crippen molar-refractivity contribution < 1.29 is 4.79 Å². The molecule has 4 rings (SSSR count). The summed E-state index contributed by atoms with van der Waals surface area (Å²) < 4.78 is 1.65. The molecule has 8 heteroatoms. The molecule has 0 atom stereocenters. The number of hydrogen-bond acceptors (Lipinski definition) is 4. The highest BCUT2D eigenvalue weighted by Crippen LogP contribution is 2.35. The van der Waals surface area contributed by atoms with E-state index >= 15 is 0 Å². The van der Waals surface area contributed by atoms with Gasteiger partial charge in [0.1, 0.15) is 5.69 Å². The lowest BCUT2D eigenvalue weighted by Gasteiger charge is -2.44. The second-order valence-corrected chi connectivity index (χ2v) is 8.25. The quantitative estimate of drug-likeness (QED) is 0.620. The van der Waals surface area contributed by atoms with E-state index in [0.29, 0.717) is 16.6 Å². The van der Waals surface area contributed by atoms with Crippen LogP contribution in [0.2, 0.25) is 10.0 Å². The first-order chi connectivity index (χ1) is 13.3. The van der Waals surface area contributed by atoms with Crippen LogP contribution in [0.1, 0.15) is 19.5 Å². The summed E-state index contributed by atoms with van der Waals surface area (Å²) in [6, 6.07) is 13.1. The van der Waals surface area contributed by atoms with E-state index in [0.717, 1.165) is 29.3 Å². The lowest BCUT2D eigenvalue weighted by Crippen LogP contribution is -2.58. The van der Waals surface area contributed by atoms with E-state index < -0.39 is 0 Å². The largest absolute Gasteiger partial charge is 0.379 e. The number of aromatic nitrogens is 3. The summed E-state index contributed by atoms with van der Waals surface area (Å²) in [7, 11) is 0. The van der Waals surface area contributed by atoms with Crippen LogP contribution in [0.15, 0.2) is 48.7 Å². The second-order valence-electron chi connectivity index (χ2n) is 7.43. The van der Waals surface area contributed by atoms with Crippen LogP contribution >= 0.6 is 23.2 Å². The summed E-state index contributed by atoms with van der Waals surface area (Å²) >= 11 is 12.0. The maximum atomic E-state index is 12.2. The first-order valence-corrected chi connectivity index (χ1v) is 9.62. The minimum atomic E-state index is -0.271. The van der Waals surface area contributed by atoms with Crippen molar-refractivity contribution in [1.82, 2.24) is 15.0 Å². The number of β-lactam (4-membered cyclic amide) rings is 1. The maximum absolute atomic E-state index is 12.2. The van der Waals surface area contributed by atoms with Crippen molar-refractivity contribution in [2.75, 3.05) is 16.8 Å². The van der Waals surface area contributed by atoms with E-state index in [1.165, 1.54) is 0 Å². The molecule has 0 radical (unpaired) electrons. The monoisotopic (exact) mass is 415 g/mol. The third-order valence-corrected chi connectivity index (χ3v) is 5.46. The van der Waals surface area contributed by atoms with Crippen molar-refractivity contribution in [1.29, 1.82) is 0 Å². The van der Waals surface area contributed by atoms with Gasteiger partial charge in [0.15, 0.2) is 0 Å². The fourth-order valence-corrected chi connectivity index (χ4v) is 3.42. The van der Waals surface area contributed by atoms with Gasteiger partial charge in [-0.3, -0.25) is 4.79 Å². The lowest BCUT2D eigenvalue weighted by atomic mass is 9.83. The molecule has 0 aliphatic carbocycles. The van der Waals surface area contributed by atoms with Crippen molar-refractivity contribution >= 4 is 40.5 Å². The van der Waals surface area contributed by atoms with Gasteiger partial charge in [0, 0.05) is 17.9 Å². The van der Waals surface area contributed by atoms with Crippen molar-refractivity contribution in [3.05, 3.63) is 64.4 Å². The van der Waals surface area contributed by atoms with Crippen molar-refractivity contribution in [3.8, 4) is 5.69 Å². The van der Waals surface area contributed by atoms with Crippen LogP contribution in [0.4, 0.5) is 11.4 Å². The van der Waals surface area contributed by atoms with E-state index in [1.54, 1.807) is 21.7 Å². The first kappa shape index (κ1) is 18.8. The van der Waals surface area contributed by atoms with Gasteiger partial charge >= 0.3 is 0 Å². The number of nitrogens with one attached hydrogen (secondary N) is 1. The Hall–Kier alpha value is -2.57. The topological polar surface area (TPSA) is 63.1 Å². The molecule has 0 spiro atoms. The molecule has 1 amide bonds. The summed E-state index contributed by atoms with van der Waals surface area (Å²) in [6.45, 7) is 5.16. The Bertz CT molecular complexity index is 1050. The van der Waals surface area contributed by atoms with E-state index in [2.05, 4.69) is 15.6 Å². The van der Waals surface area contributed by atoms with Crippen molar-refractivity contribution in [3.63, 3.8) is 0 Å². The highest BCUT2D eigenvalue weighted by Gasteiger charge is 2.44. The van der Waals surface area contributed by atoms with Gasteiger partial charge in [0.05, 0.1) is 33.9 Å². The SMILES string of the molecule is CC1(C)CN(c2cccc(NCc3cn(-c4ccc(Cl)c(Cl)c4)nn3)c2)C1=O. The summed E-state index contributed by atoms with van der Waals surface area (Å²) in [5.74, 6) is 0.147. The molecule has 0 unspecified atom stereocenters. The lowest BCUT2D eigenvalue weighted by molar-refractivity contribution is -0.132. The average molecular weight is 416 g/mol. The third-order valence-electron chi connectivity index (χ3n) is 4.72. The zero-order valence-electron chi connectivity index (χ0n) is 15.5. The fourth-order valence-electron chi connectivity index (χ4n) is 3.13. The van der Waals surface area contributed by atoms with Gasteiger partial charge in [0.2, 0.25) is 5.91 Å². The van der Waals surface area contributed by atoms with Crippen LogP contribution in [-0.2, 0) is 11.3 Å². The highest BCUT2D eigenvalue weighted by molar-refractivity contribution is 6.42. The molecular weight excluding hydrogens is 397 g/mol. The molecule has 2 aromatic carbocycles. The molecule has 2 heterocycles. The predicted molar refractivity (Wildman–Crippen MR) is 111 cm³/mol. The summed E-state index contributed by atoms with van der Waals surface area (Å²) in [6.07, 6.45) is 1.83. The normalized spacial score (nSPS) is 15.4. The van der Waals surface area contributed by atoms with Crippen LogP contribution in [0.5, 0.6) is 0 Å². The Morgan fingerprint density at radius 2 is 1.93 bits per heavy atom. The zero-order chi connectivity index (χ0) is 19.9. The van der Waals surface area contributed by atoms with Gasteiger partial charge in [-0.1, -0.05) is 34.5 Å². The number of amides is 1. The molecule has 1 N–H and O–H groups in total. The molecule has 1 aliphatic rings. The average Bonchev–Trinajstić information content (AvgIpc) is 3.16. The van der Waals surface area contributed by atoms with E-state index in [9.17, 15) is 4.79 Å². The molecule has 0 bridgehead atoms. The Morgan fingerprint density at radius 1 is 1.11 bits per heavy atom. The molecule has 0 saturated carbocycles. The Labute approximate surface area is 173 Å². The molecule has 6 nitrogen and oxygen atoms in total. The standard InChI is InChI=1S/C20H19Cl2N5O/c1-20(2)12-26(19(20)28)15-5-3-4-13(8-15)23-10-14-11-27(25-24-14)16-6-7-17(21)18(22)9-16/h3-9,11,23H,10,12H2,1-2H3. The molecule has 1 fully saturated rings. The third kappa shape index (κ3) is 3.57. The van der Waals surface area contributed by atoms with Gasteiger partial charge < -0.3 is 10.2 Å². The number of benzene rings is 2. The minimum absolute atomic E-state index is 0.147. The number of carbonyl (C=O) groups excluding carboxylic acids is 1. The van der Waals surface area contributed by atoms with Crippen LogP contribution in [0.25, 0.3) is 5.69 Å². The molecule has 28 heavy (non-hydrogen) atoms.